The van der Waals surface area contributed by atoms with E-state index in [-0.39, 0.29) is 13.1 Å². The van der Waals surface area contributed by atoms with E-state index < -0.39 is 26.6 Å². The highest BCUT2D eigenvalue weighted by Gasteiger charge is 2.31. The Labute approximate surface area is 185 Å². The molecule has 0 amide bonds. The van der Waals surface area contributed by atoms with E-state index in [1.54, 1.807) is 0 Å². The van der Waals surface area contributed by atoms with E-state index >= 15 is 0 Å². The summed E-state index contributed by atoms with van der Waals surface area (Å²) in [5, 5.41) is 2.89. The minimum Gasteiger partial charge on any atom is -0.345 e. The Kier molecular flexibility index (Phi) is 6.09. The second kappa shape index (κ2) is 8.64. The Bertz CT molecular complexity index is 1200. The van der Waals surface area contributed by atoms with E-state index in [9.17, 15) is 17.2 Å². The highest BCUT2D eigenvalue weighted by molar-refractivity contribution is 7.89. The van der Waals surface area contributed by atoms with Gasteiger partial charge in [-0.1, -0.05) is 23.8 Å². The molecule has 31 heavy (non-hydrogen) atoms. The number of sulfonamides is 1. The lowest BCUT2D eigenvalue weighted by Gasteiger charge is -2.33. The lowest BCUT2D eigenvalue weighted by atomic mass is 10.0. The van der Waals surface area contributed by atoms with Gasteiger partial charge in [0.25, 0.3) is 0 Å². The molecule has 0 bridgehead atoms. The van der Waals surface area contributed by atoms with Crippen LogP contribution in [-0.2, 0) is 16.4 Å². The molecule has 0 N–H and O–H groups in total. The van der Waals surface area contributed by atoms with Crippen molar-refractivity contribution in [1.29, 1.82) is 0 Å². The van der Waals surface area contributed by atoms with Crippen LogP contribution in [0.15, 0.2) is 46.7 Å². The summed E-state index contributed by atoms with van der Waals surface area (Å²) < 4.78 is 53.9. The van der Waals surface area contributed by atoms with E-state index in [0.29, 0.717) is 19.2 Å². The molecule has 1 saturated heterocycles. The van der Waals surface area contributed by atoms with Gasteiger partial charge in [-0.05, 0) is 37.1 Å². The molecular formula is C22H23F2N3O2S2. The maximum absolute atomic E-state index is 14.0. The molecule has 4 rings (SSSR count). The minimum absolute atomic E-state index is 0.213. The van der Waals surface area contributed by atoms with Crippen LogP contribution in [0.2, 0.25) is 0 Å². The zero-order valence-electron chi connectivity index (χ0n) is 17.3. The van der Waals surface area contributed by atoms with Crippen LogP contribution in [0.25, 0.3) is 0 Å². The summed E-state index contributed by atoms with van der Waals surface area (Å²) in [5.41, 5.74) is 4.67. The molecular weight excluding hydrogens is 440 g/mol. The van der Waals surface area contributed by atoms with Crippen LogP contribution in [0.4, 0.5) is 13.9 Å². The Morgan fingerprint density at radius 2 is 1.77 bits per heavy atom. The standard InChI is InChI=1S/C22H23F2N3O2S2/c1-15-3-4-16(2)17(11-15)12-19-14-30-22(25-19)26-7-9-27(10-8-26)31(28,29)21-6-5-18(23)13-20(21)24/h3-6,11,13-14H,7-10,12H2,1-2H3. The van der Waals surface area contributed by atoms with Gasteiger partial charge in [0.2, 0.25) is 10.0 Å². The fraction of sp³-hybridized carbons (Fsp3) is 0.318. The molecule has 1 aromatic heterocycles. The number of anilines is 1. The molecule has 5 nitrogen and oxygen atoms in total. The Balaban J connectivity index is 1.43. The van der Waals surface area contributed by atoms with Crippen molar-refractivity contribution in [3.8, 4) is 0 Å². The third-order valence-electron chi connectivity index (χ3n) is 5.44. The van der Waals surface area contributed by atoms with Gasteiger partial charge in [0.15, 0.2) is 5.13 Å². The molecule has 0 unspecified atom stereocenters. The third-order valence-corrected chi connectivity index (χ3v) is 8.32. The van der Waals surface area contributed by atoms with E-state index in [0.717, 1.165) is 29.4 Å². The molecule has 1 aliphatic heterocycles. The lowest BCUT2D eigenvalue weighted by molar-refractivity contribution is 0.382. The summed E-state index contributed by atoms with van der Waals surface area (Å²) in [5.74, 6) is -1.87. The average molecular weight is 464 g/mol. The Hall–Kier alpha value is -2.36. The molecule has 1 fully saturated rings. The second-order valence-corrected chi connectivity index (χ2v) is 10.4. The van der Waals surface area contributed by atoms with Crippen LogP contribution in [0.3, 0.4) is 0 Å². The Morgan fingerprint density at radius 3 is 2.48 bits per heavy atom. The van der Waals surface area contributed by atoms with Crippen LogP contribution in [0, 0.1) is 25.5 Å². The van der Waals surface area contributed by atoms with Gasteiger partial charge in [-0.25, -0.2) is 22.2 Å². The van der Waals surface area contributed by atoms with Gasteiger partial charge in [-0.2, -0.15) is 4.31 Å². The summed E-state index contributed by atoms with van der Waals surface area (Å²) in [4.78, 5) is 6.30. The van der Waals surface area contributed by atoms with Crippen molar-refractivity contribution in [3.05, 3.63) is 75.8 Å². The normalized spacial score (nSPS) is 15.4. The molecule has 9 heteroatoms. The summed E-state index contributed by atoms with van der Waals surface area (Å²) in [6.07, 6.45) is 0.752. The quantitative estimate of drug-likeness (QED) is 0.571. The summed E-state index contributed by atoms with van der Waals surface area (Å²) in [7, 11) is -4.01. The molecule has 2 aromatic carbocycles. The second-order valence-electron chi connectivity index (χ2n) is 7.69. The highest BCUT2D eigenvalue weighted by Crippen LogP contribution is 2.27. The number of thiazole rings is 1. The highest BCUT2D eigenvalue weighted by atomic mass is 32.2. The van der Waals surface area contributed by atoms with Crippen LogP contribution in [0.1, 0.15) is 22.4 Å². The number of halogens is 2. The minimum atomic E-state index is -4.01. The van der Waals surface area contributed by atoms with E-state index in [1.165, 1.54) is 32.3 Å². The molecule has 0 aliphatic carbocycles. The molecule has 0 spiro atoms. The van der Waals surface area contributed by atoms with Gasteiger partial charge in [-0.15, -0.1) is 11.3 Å². The van der Waals surface area contributed by atoms with Crippen molar-refractivity contribution >= 4 is 26.5 Å². The van der Waals surface area contributed by atoms with Crippen LogP contribution in [0.5, 0.6) is 0 Å². The number of aryl methyl sites for hydroxylation is 2. The maximum atomic E-state index is 14.0. The van der Waals surface area contributed by atoms with Crippen molar-refractivity contribution in [2.45, 2.75) is 25.2 Å². The fourth-order valence-electron chi connectivity index (χ4n) is 3.65. The van der Waals surface area contributed by atoms with Gasteiger partial charge in [0.1, 0.15) is 16.5 Å². The molecule has 0 atom stereocenters. The molecule has 0 radical (unpaired) electrons. The molecule has 2 heterocycles. The van der Waals surface area contributed by atoms with Crippen molar-refractivity contribution in [2.24, 2.45) is 0 Å². The van der Waals surface area contributed by atoms with Crippen molar-refractivity contribution in [3.63, 3.8) is 0 Å². The smallest absolute Gasteiger partial charge is 0.246 e. The number of nitrogens with zero attached hydrogens (tertiary/aromatic N) is 3. The van der Waals surface area contributed by atoms with Gasteiger partial charge in [0, 0.05) is 44.0 Å². The first-order valence-corrected chi connectivity index (χ1v) is 12.3. The predicted molar refractivity (Wildman–Crippen MR) is 118 cm³/mol. The molecule has 164 valence electrons. The first kappa shape index (κ1) is 21.9. The average Bonchev–Trinajstić information content (AvgIpc) is 3.19. The van der Waals surface area contributed by atoms with E-state index in [2.05, 4.69) is 32.0 Å². The monoisotopic (exact) mass is 463 g/mol. The first-order chi connectivity index (χ1) is 14.7. The molecule has 3 aromatic rings. The van der Waals surface area contributed by atoms with Crippen LogP contribution >= 0.6 is 11.3 Å². The first-order valence-electron chi connectivity index (χ1n) is 9.95. The van der Waals surface area contributed by atoms with Crippen LogP contribution < -0.4 is 4.90 Å². The van der Waals surface area contributed by atoms with Crippen molar-refractivity contribution in [2.75, 3.05) is 31.1 Å². The summed E-state index contributed by atoms with van der Waals surface area (Å²) in [6, 6.07) is 8.91. The number of aromatic nitrogens is 1. The van der Waals surface area contributed by atoms with Gasteiger partial charge >= 0.3 is 0 Å². The molecule has 1 aliphatic rings. The number of benzene rings is 2. The fourth-order valence-corrected chi connectivity index (χ4v) is 6.00. The number of piperazine rings is 1. The summed E-state index contributed by atoms with van der Waals surface area (Å²) >= 11 is 1.54. The topological polar surface area (TPSA) is 53.5 Å². The zero-order chi connectivity index (χ0) is 22.2. The largest absolute Gasteiger partial charge is 0.345 e. The van der Waals surface area contributed by atoms with E-state index in [4.69, 9.17) is 4.98 Å². The predicted octanol–water partition coefficient (Wildman–Crippen LogP) is 4.14. The van der Waals surface area contributed by atoms with Gasteiger partial charge < -0.3 is 4.90 Å². The Morgan fingerprint density at radius 1 is 1.03 bits per heavy atom. The SMILES string of the molecule is Cc1ccc(C)c(Cc2csc(N3CCN(S(=O)(=O)c4ccc(F)cc4F)CC3)n2)c1. The van der Waals surface area contributed by atoms with Crippen LogP contribution in [-0.4, -0.2) is 43.9 Å². The van der Waals surface area contributed by atoms with Crippen molar-refractivity contribution in [1.82, 2.24) is 9.29 Å². The maximum Gasteiger partial charge on any atom is 0.246 e. The van der Waals surface area contributed by atoms with E-state index in [1.807, 2.05) is 10.3 Å². The number of rotatable bonds is 5. The summed E-state index contributed by atoms with van der Waals surface area (Å²) in [6.45, 7) is 5.50. The number of hydrogen-bond donors (Lipinski definition) is 0. The lowest BCUT2D eigenvalue weighted by Crippen LogP contribution is -2.48. The molecule has 0 saturated carbocycles. The third kappa shape index (κ3) is 4.63. The zero-order valence-corrected chi connectivity index (χ0v) is 18.9. The van der Waals surface area contributed by atoms with Gasteiger partial charge in [-0.3, -0.25) is 0 Å². The van der Waals surface area contributed by atoms with Crippen molar-refractivity contribution < 1.29 is 17.2 Å². The number of hydrogen-bond acceptors (Lipinski definition) is 5. The van der Waals surface area contributed by atoms with Gasteiger partial charge in [0.05, 0.1) is 5.69 Å².